The van der Waals surface area contributed by atoms with Gasteiger partial charge in [-0.15, -0.1) is 11.3 Å². The van der Waals surface area contributed by atoms with Crippen LogP contribution in [0.2, 0.25) is 5.02 Å². The van der Waals surface area contributed by atoms with Gasteiger partial charge in [-0.25, -0.2) is 4.98 Å². The Hall–Kier alpha value is -2.43. The smallest absolute Gasteiger partial charge is 0.270 e. The third-order valence-electron chi connectivity index (χ3n) is 4.43. The molecule has 0 aliphatic carbocycles. The van der Waals surface area contributed by atoms with Crippen LogP contribution in [0, 0.1) is 6.92 Å². The van der Waals surface area contributed by atoms with Gasteiger partial charge in [0.05, 0.1) is 0 Å². The molecule has 3 nitrogen and oxygen atoms in total. The van der Waals surface area contributed by atoms with Gasteiger partial charge in [-0.3, -0.25) is 4.79 Å². The molecule has 3 aromatic rings. The molecule has 1 aromatic heterocycles. The number of thiazole rings is 1. The van der Waals surface area contributed by atoms with E-state index in [4.69, 9.17) is 11.6 Å². The summed E-state index contributed by atoms with van der Waals surface area (Å²) in [5, 5.41) is 6.37. The molecule has 0 unspecified atom stereocenters. The van der Waals surface area contributed by atoms with Crippen LogP contribution in [0.15, 0.2) is 60.0 Å². The van der Waals surface area contributed by atoms with Gasteiger partial charge in [0.25, 0.3) is 5.91 Å². The van der Waals surface area contributed by atoms with E-state index in [-0.39, 0.29) is 5.91 Å². The highest BCUT2D eigenvalue weighted by atomic mass is 35.5. The Morgan fingerprint density at radius 3 is 2.75 bits per heavy atom. The first kappa shape index (κ1) is 20.3. The van der Waals surface area contributed by atoms with E-state index in [2.05, 4.69) is 30.2 Å². The maximum absolute atomic E-state index is 12.5. The Kier molecular flexibility index (Phi) is 7.01. The molecule has 5 heteroatoms. The number of halogens is 1. The van der Waals surface area contributed by atoms with E-state index < -0.39 is 0 Å². The predicted molar refractivity (Wildman–Crippen MR) is 119 cm³/mol. The third kappa shape index (κ3) is 5.09. The van der Waals surface area contributed by atoms with Gasteiger partial charge in [0.15, 0.2) is 0 Å². The van der Waals surface area contributed by atoms with Crippen LogP contribution in [-0.2, 0) is 0 Å². The van der Waals surface area contributed by atoms with Gasteiger partial charge in [0.1, 0.15) is 10.7 Å². The van der Waals surface area contributed by atoms with Gasteiger partial charge in [0.2, 0.25) is 0 Å². The number of nitrogens with one attached hydrogen (secondary N) is 1. The molecule has 3 rings (SSSR count). The first-order valence-corrected chi connectivity index (χ1v) is 10.6. The van der Waals surface area contributed by atoms with Gasteiger partial charge in [0, 0.05) is 22.5 Å². The van der Waals surface area contributed by atoms with Crippen LogP contribution in [0.1, 0.15) is 41.4 Å². The zero-order chi connectivity index (χ0) is 19.9. The molecule has 1 amide bonds. The number of aromatic nitrogens is 1. The monoisotopic (exact) mass is 410 g/mol. The minimum Gasteiger partial charge on any atom is -0.350 e. The van der Waals surface area contributed by atoms with Crippen LogP contribution < -0.4 is 5.32 Å². The Morgan fingerprint density at radius 1 is 1.21 bits per heavy atom. The fourth-order valence-corrected chi connectivity index (χ4v) is 4.00. The molecule has 0 aliphatic heterocycles. The maximum Gasteiger partial charge on any atom is 0.270 e. The van der Waals surface area contributed by atoms with Gasteiger partial charge < -0.3 is 5.32 Å². The average molecular weight is 411 g/mol. The van der Waals surface area contributed by atoms with E-state index in [1.807, 2.05) is 53.9 Å². The minimum atomic E-state index is -0.142. The summed E-state index contributed by atoms with van der Waals surface area (Å²) in [5.41, 5.74) is 5.01. The van der Waals surface area contributed by atoms with Crippen molar-refractivity contribution < 1.29 is 4.79 Å². The number of carbonyl (C=O) groups is 1. The Labute approximate surface area is 175 Å². The van der Waals surface area contributed by atoms with E-state index in [0.29, 0.717) is 12.2 Å². The number of hydrogen-bond acceptors (Lipinski definition) is 3. The summed E-state index contributed by atoms with van der Waals surface area (Å²) in [6.45, 7) is 4.74. The molecule has 2 aromatic carbocycles. The van der Waals surface area contributed by atoms with Gasteiger partial charge in [-0.2, -0.15) is 0 Å². The largest absolute Gasteiger partial charge is 0.350 e. The van der Waals surface area contributed by atoms with Gasteiger partial charge in [-0.1, -0.05) is 61.0 Å². The van der Waals surface area contributed by atoms with Crippen LogP contribution in [0.4, 0.5) is 0 Å². The van der Waals surface area contributed by atoms with E-state index in [1.165, 1.54) is 22.5 Å². The van der Waals surface area contributed by atoms with Crippen molar-refractivity contribution in [3.05, 3.63) is 81.8 Å². The van der Waals surface area contributed by atoms with Crippen molar-refractivity contribution in [2.24, 2.45) is 0 Å². The number of hydrogen-bond donors (Lipinski definition) is 1. The number of rotatable bonds is 7. The highest BCUT2D eigenvalue weighted by Crippen LogP contribution is 2.26. The number of aryl methyl sites for hydroxylation is 1. The molecule has 0 saturated carbocycles. The van der Waals surface area contributed by atoms with Gasteiger partial charge in [-0.05, 0) is 48.6 Å². The zero-order valence-electron chi connectivity index (χ0n) is 16.0. The Balaban J connectivity index is 1.63. The van der Waals surface area contributed by atoms with Crippen molar-refractivity contribution in [3.8, 4) is 10.6 Å². The van der Waals surface area contributed by atoms with Crippen molar-refractivity contribution >= 4 is 34.4 Å². The van der Waals surface area contributed by atoms with E-state index in [9.17, 15) is 4.79 Å². The number of allylic oxidation sites excluding steroid dienone is 1. The lowest BCUT2D eigenvalue weighted by atomic mass is 9.97. The molecule has 0 bridgehead atoms. The minimum absolute atomic E-state index is 0.142. The molecule has 0 radical (unpaired) electrons. The molecule has 0 fully saturated rings. The van der Waals surface area contributed by atoms with Crippen LogP contribution in [-0.4, -0.2) is 17.4 Å². The fourth-order valence-electron chi connectivity index (χ4n) is 3.03. The molecule has 1 heterocycles. The number of benzene rings is 2. The topological polar surface area (TPSA) is 42.0 Å². The summed E-state index contributed by atoms with van der Waals surface area (Å²) >= 11 is 7.66. The molecule has 28 heavy (non-hydrogen) atoms. The molecular formula is C23H23ClN2OS. The van der Waals surface area contributed by atoms with Crippen molar-refractivity contribution in [2.45, 2.75) is 26.7 Å². The zero-order valence-corrected chi connectivity index (χ0v) is 17.6. The third-order valence-corrected chi connectivity index (χ3v) is 5.56. The second-order valence-corrected chi connectivity index (χ2v) is 7.80. The maximum atomic E-state index is 12.5. The highest BCUT2D eigenvalue weighted by Gasteiger charge is 2.12. The first-order valence-electron chi connectivity index (χ1n) is 9.33. The van der Waals surface area contributed by atoms with Crippen LogP contribution in [0.25, 0.3) is 16.1 Å². The summed E-state index contributed by atoms with van der Waals surface area (Å²) in [7, 11) is 0. The summed E-state index contributed by atoms with van der Waals surface area (Å²) in [6, 6.07) is 15.8. The second kappa shape index (κ2) is 9.67. The number of nitrogens with zero attached hydrogens (tertiary/aromatic N) is 1. The predicted octanol–water partition coefficient (Wildman–Crippen LogP) is 6.39. The Bertz CT molecular complexity index is 979. The van der Waals surface area contributed by atoms with Crippen LogP contribution >= 0.6 is 22.9 Å². The van der Waals surface area contributed by atoms with Crippen LogP contribution in [0.5, 0.6) is 0 Å². The van der Waals surface area contributed by atoms with Crippen molar-refractivity contribution in [3.63, 3.8) is 0 Å². The summed E-state index contributed by atoms with van der Waals surface area (Å²) < 4.78 is 0. The first-order chi connectivity index (χ1) is 13.6. The van der Waals surface area contributed by atoms with Crippen molar-refractivity contribution in [1.82, 2.24) is 10.3 Å². The lowest BCUT2D eigenvalue weighted by Gasteiger charge is -2.12. The second-order valence-electron chi connectivity index (χ2n) is 6.51. The molecule has 144 valence electrons. The van der Waals surface area contributed by atoms with E-state index in [1.54, 1.807) is 0 Å². The SMILES string of the molecule is CC/C=C(/CCNC(=O)c1csc(-c2ccccc2)n1)c1cc(Cl)ccc1C. The lowest BCUT2D eigenvalue weighted by Crippen LogP contribution is -2.25. The molecule has 0 spiro atoms. The van der Waals surface area contributed by atoms with Gasteiger partial charge >= 0.3 is 0 Å². The fraction of sp³-hybridized carbons (Fsp3) is 0.217. The lowest BCUT2D eigenvalue weighted by molar-refractivity contribution is 0.0950. The van der Waals surface area contributed by atoms with Crippen LogP contribution in [0.3, 0.4) is 0 Å². The number of amides is 1. The average Bonchev–Trinajstić information content (AvgIpc) is 3.20. The normalized spacial score (nSPS) is 11.5. The molecule has 1 N–H and O–H groups in total. The highest BCUT2D eigenvalue weighted by molar-refractivity contribution is 7.13. The summed E-state index contributed by atoms with van der Waals surface area (Å²) in [4.78, 5) is 17.0. The van der Waals surface area contributed by atoms with E-state index >= 15 is 0 Å². The molecule has 0 aliphatic rings. The molecular weight excluding hydrogens is 388 g/mol. The van der Waals surface area contributed by atoms with Crippen molar-refractivity contribution in [2.75, 3.05) is 6.54 Å². The number of carbonyl (C=O) groups excluding carboxylic acids is 1. The van der Waals surface area contributed by atoms with Crippen molar-refractivity contribution in [1.29, 1.82) is 0 Å². The standard InChI is InChI=1S/C23H23ClN2OS/c1-3-7-17(20-14-19(24)11-10-16(20)2)12-13-25-22(27)21-15-28-23(26-21)18-8-5-4-6-9-18/h4-11,14-15H,3,12-13H2,1-2H3,(H,25,27)/b17-7-. The quantitative estimate of drug-likeness (QED) is 0.490. The summed E-state index contributed by atoms with van der Waals surface area (Å²) in [5.74, 6) is -0.142. The summed E-state index contributed by atoms with van der Waals surface area (Å²) in [6.07, 6.45) is 3.87. The molecule has 0 atom stereocenters. The Morgan fingerprint density at radius 2 is 2.00 bits per heavy atom. The van der Waals surface area contributed by atoms with E-state index in [0.717, 1.165) is 34.0 Å². The molecule has 0 saturated heterocycles.